The lowest BCUT2D eigenvalue weighted by atomic mass is 9.89. The second-order valence-electron chi connectivity index (χ2n) is 5.29. The zero-order chi connectivity index (χ0) is 14.2. The van der Waals surface area contributed by atoms with Crippen LogP contribution in [0.5, 0.6) is 0 Å². The van der Waals surface area contributed by atoms with E-state index in [-0.39, 0.29) is 11.1 Å². The molecule has 1 aliphatic rings. The van der Waals surface area contributed by atoms with Crippen LogP contribution in [0.1, 0.15) is 13.3 Å². The molecule has 2 heterocycles. The molecule has 1 amide bonds. The Hall–Kier alpha value is -1.72. The van der Waals surface area contributed by atoms with Crippen LogP contribution in [0, 0.1) is 5.41 Å². The van der Waals surface area contributed by atoms with Crippen LogP contribution >= 0.6 is 11.6 Å². The molecule has 0 aliphatic carbocycles. The maximum Gasteiger partial charge on any atom is 0.232 e. The van der Waals surface area contributed by atoms with Crippen molar-refractivity contribution in [1.82, 2.24) is 15.3 Å². The fraction of sp³-hybridized carbons (Fsp3) is 0.357. The second kappa shape index (κ2) is 5.00. The van der Waals surface area contributed by atoms with Gasteiger partial charge < -0.3 is 10.6 Å². The van der Waals surface area contributed by atoms with Gasteiger partial charge >= 0.3 is 0 Å². The molecule has 0 radical (unpaired) electrons. The average molecular weight is 291 g/mol. The van der Waals surface area contributed by atoms with Crippen LogP contribution in [0.3, 0.4) is 0 Å². The number of halogens is 1. The zero-order valence-electron chi connectivity index (χ0n) is 11.1. The third-order valence-electron chi connectivity index (χ3n) is 3.68. The number of anilines is 1. The first-order valence-corrected chi connectivity index (χ1v) is 6.91. The molecular weight excluding hydrogens is 276 g/mol. The first-order valence-electron chi connectivity index (χ1n) is 6.53. The van der Waals surface area contributed by atoms with Gasteiger partial charge in [0.2, 0.25) is 5.91 Å². The molecule has 20 heavy (non-hydrogen) atoms. The molecule has 1 saturated heterocycles. The van der Waals surface area contributed by atoms with E-state index >= 15 is 0 Å². The van der Waals surface area contributed by atoms with Crippen molar-refractivity contribution in [2.75, 3.05) is 18.4 Å². The standard InChI is InChI=1S/C14H15ClN4O/c1-14(6-7-16-8-14)13(20)19-12-11(15)17-9-4-2-3-5-10(9)18-12/h2-5,16H,6-8H2,1H3,(H,18,19,20). The lowest BCUT2D eigenvalue weighted by Crippen LogP contribution is -2.35. The highest BCUT2D eigenvalue weighted by Gasteiger charge is 2.36. The van der Waals surface area contributed by atoms with Gasteiger partial charge in [-0.15, -0.1) is 0 Å². The van der Waals surface area contributed by atoms with E-state index in [2.05, 4.69) is 20.6 Å². The molecule has 1 atom stereocenters. The topological polar surface area (TPSA) is 66.9 Å². The van der Waals surface area contributed by atoms with E-state index in [1.54, 1.807) is 0 Å². The Balaban J connectivity index is 1.90. The molecule has 1 fully saturated rings. The zero-order valence-corrected chi connectivity index (χ0v) is 11.9. The fourth-order valence-electron chi connectivity index (χ4n) is 2.33. The van der Waals surface area contributed by atoms with Crippen molar-refractivity contribution in [2.45, 2.75) is 13.3 Å². The predicted octanol–water partition coefficient (Wildman–Crippen LogP) is 2.22. The van der Waals surface area contributed by atoms with Crippen LogP contribution in [-0.2, 0) is 4.79 Å². The maximum atomic E-state index is 12.3. The third kappa shape index (κ3) is 2.34. The molecule has 1 aromatic heterocycles. The van der Waals surface area contributed by atoms with Gasteiger partial charge in [-0.05, 0) is 32.0 Å². The van der Waals surface area contributed by atoms with E-state index < -0.39 is 5.41 Å². The Kier molecular flexibility index (Phi) is 3.31. The number of fused-ring (bicyclic) bond motifs is 1. The van der Waals surface area contributed by atoms with Crippen LogP contribution in [0.2, 0.25) is 5.15 Å². The molecule has 1 unspecified atom stereocenters. The highest BCUT2D eigenvalue weighted by Crippen LogP contribution is 2.28. The summed E-state index contributed by atoms with van der Waals surface area (Å²) in [5.74, 6) is 0.248. The second-order valence-corrected chi connectivity index (χ2v) is 5.65. The van der Waals surface area contributed by atoms with E-state index in [9.17, 15) is 4.79 Å². The predicted molar refractivity (Wildman–Crippen MR) is 78.8 cm³/mol. The minimum Gasteiger partial charge on any atom is -0.316 e. The van der Waals surface area contributed by atoms with Crippen LogP contribution in [0.25, 0.3) is 11.0 Å². The molecule has 3 rings (SSSR count). The number of hydrogen-bond acceptors (Lipinski definition) is 4. The van der Waals surface area contributed by atoms with Crippen molar-refractivity contribution < 1.29 is 4.79 Å². The van der Waals surface area contributed by atoms with Gasteiger partial charge in [-0.2, -0.15) is 0 Å². The Labute approximate surface area is 121 Å². The molecule has 1 aromatic carbocycles. The monoisotopic (exact) mass is 290 g/mol. The summed E-state index contributed by atoms with van der Waals surface area (Å²) in [6, 6.07) is 7.42. The van der Waals surface area contributed by atoms with Gasteiger partial charge in [0.15, 0.2) is 11.0 Å². The van der Waals surface area contributed by atoms with Gasteiger partial charge in [0, 0.05) is 6.54 Å². The molecule has 2 N–H and O–H groups in total. The van der Waals surface area contributed by atoms with Gasteiger partial charge in [0.25, 0.3) is 0 Å². The van der Waals surface area contributed by atoms with Crippen molar-refractivity contribution >= 4 is 34.4 Å². The van der Waals surface area contributed by atoms with E-state index in [4.69, 9.17) is 11.6 Å². The lowest BCUT2D eigenvalue weighted by Gasteiger charge is -2.21. The van der Waals surface area contributed by atoms with E-state index in [1.807, 2.05) is 31.2 Å². The largest absolute Gasteiger partial charge is 0.316 e. The number of para-hydroxylation sites is 2. The average Bonchev–Trinajstić information content (AvgIpc) is 2.88. The Morgan fingerprint density at radius 2 is 2.05 bits per heavy atom. The number of carbonyl (C=O) groups excluding carboxylic acids is 1. The number of rotatable bonds is 2. The molecule has 104 valence electrons. The van der Waals surface area contributed by atoms with Gasteiger partial charge in [-0.1, -0.05) is 23.7 Å². The van der Waals surface area contributed by atoms with E-state index in [1.165, 1.54) is 0 Å². The van der Waals surface area contributed by atoms with Gasteiger partial charge in [-0.3, -0.25) is 4.79 Å². The van der Waals surface area contributed by atoms with Crippen molar-refractivity contribution in [1.29, 1.82) is 0 Å². The minimum absolute atomic E-state index is 0.0750. The number of nitrogens with one attached hydrogen (secondary N) is 2. The van der Waals surface area contributed by atoms with Crippen molar-refractivity contribution in [3.8, 4) is 0 Å². The number of benzene rings is 1. The van der Waals surface area contributed by atoms with Crippen molar-refractivity contribution in [3.05, 3.63) is 29.4 Å². The van der Waals surface area contributed by atoms with Crippen LogP contribution in [-0.4, -0.2) is 29.0 Å². The summed E-state index contributed by atoms with van der Waals surface area (Å²) in [5, 5.41) is 6.21. The molecule has 5 nitrogen and oxygen atoms in total. The van der Waals surface area contributed by atoms with Crippen LogP contribution < -0.4 is 10.6 Å². The quantitative estimate of drug-likeness (QED) is 0.890. The highest BCUT2D eigenvalue weighted by atomic mass is 35.5. The highest BCUT2D eigenvalue weighted by molar-refractivity contribution is 6.32. The first-order chi connectivity index (χ1) is 9.58. The number of hydrogen-bond donors (Lipinski definition) is 2. The molecular formula is C14H15ClN4O. The third-order valence-corrected chi connectivity index (χ3v) is 3.94. The van der Waals surface area contributed by atoms with E-state index in [0.29, 0.717) is 23.4 Å². The summed E-state index contributed by atoms with van der Waals surface area (Å²) in [5.41, 5.74) is 1.00. The smallest absolute Gasteiger partial charge is 0.232 e. The summed E-state index contributed by atoms with van der Waals surface area (Å²) in [6.07, 6.45) is 0.803. The Morgan fingerprint density at radius 3 is 2.70 bits per heavy atom. The summed E-state index contributed by atoms with van der Waals surface area (Å²) < 4.78 is 0. The molecule has 6 heteroatoms. The molecule has 0 saturated carbocycles. The van der Waals surface area contributed by atoms with Crippen LogP contribution in [0.4, 0.5) is 5.82 Å². The van der Waals surface area contributed by atoms with Gasteiger partial charge in [0.1, 0.15) is 0 Å². The SMILES string of the molecule is CC1(C(=O)Nc2nc3ccccc3nc2Cl)CCNC1. The maximum absolute atomic E-state index is 12.3. The molecule has 2 aromatic rings. The summed E-state index contributed by atoms with van der Waals surface area (Å²) in [4.78, 5) is 21.0. The van der Waals surface area contributed by atoms with Gasteiger partial charge in [0.05, 0.1) is 16.4 Å². The number of carbonyl (C=O) groups is 1. The first kappa shape index (κ1) is 13.3. The van der Waals surface area contributed by atoms with Crippen LogP contribution in [0.15, 0.2) is 24.3 Å². The normalized spacial score (nSPS) is 22.1. The molecule has 0 bridgehead atoms. The Bertz CT molecular complexity index is 667. The number of aromatic nitrogens is 2. The van der Waals surface area contributed by atoms with Gasteiger partial charge in [-0.25, -0.2) is 9.97 Å². The number of nitrogens with zero attached hydrogens (tertiary/aromatic N) is 2. The molecule has 1 aliphatic heterocycles. The lowest BCUT2D eigenvalue weighted by molar-refractivity contribution is -0.123. The van der Waals surface area contributed by atoms with Crippen molar-refractivity contribution in [3.63, 3.8) is 0 Å². The summed E-state index contributed by atoms with van der Waals surface area (Å²) in [7, 11) is 0. The summed E-state index contributed by atoms with van der Waals surface area (Å²) in [6.45, 7) is 3.45. The fourth-order valence-corrected chi connectivity index (χ4v) is 2.51. The molecule has 0 spiro atoms. The number of amides is 1. The Morgan fingerprint density at radius 1 is 1.35 bits per heavy atom. The summed E-state index contributed by atoms with van der Waals surface area (Å²) >= 11 is 6.10. The van der Waals surface area contributed by atoms with Crippen molar-refractivity contribution in [2.24, 2.45) is 5.41 Å². The minimum atomic E-state index is -0.420. The van der Waals surface area contributed by atoms with E-state index in [0.717, 1.165) is 13.0 Å².